The number of hydrogen-bond acceptors (Lipinski definition) is 10. The summed E-state index contributed by atoms with van der Waals surface area (Å²) >= 11 is 0. The van der Waals surface area contributed by atoms with Crippen LogP contribution in [0.1, 0.15) is 38.5 Å². The zero-order chi connectivity index (χ0) is 51.0. The lowest BCUT2D eigenvalue weighted by molar-refractivity contribution is -0.158. The minimum Gasteiger partial charge on any atom is -0.743 e. The molecule has 0 heterocycles. The Hall–Kier alpha value is -5.50. The van der Waals surface area contributed by atoms with Crippen molar-refractivity contribution in [2.75, 3.05) is 14.2 Å². The number of carbonyl (C=O) groups excluding carboxylic acids is 2. The maximum atomic E-state index is 11.9. The first-order chi connectivity index (χ1) is 33.3. The van der Waals surface area contributed by atoms with Gasteiger partial charge in [-0.1, -0.05) is 109 Å². The average Bonchev–Trinajstić information content (AvgIpc) is 3.35. The molecule has 0 N–H and O–H groups in total. The highest BCUT2D eigenvalue weighted by molar-refractivity contribution is 7.97. The molecule has 10 rings (SSSR count). The summed E-state index contributed by atoms with van der Waals surface area (Å²) in [4.78, 5) is 28.0. The lowest BCUT2D eigenvalue weighted by Crippen LogP contribution is -2.38. The highest BCUT2D eigenvalue weighted by Crippen LogP contribution is 2.53. The van der Waals surface area contributed by atoms with E-state index in [1.807, 2.05) is 0 Å². The molecule has 372 valence electrons. The number of halogens is 4. The fraction of sp³-hybridized carbons (Fsp3) is 0.269. The van der Waals surface area contributed by atoms with E-state index < -0.39 is 42.7 Å². The monoisotopic (exact) mass is 1040 g/mol. The van der Waals surface area contributed by atoms with Crippen LogP contribution in [0, 0.1) is 23.7 Å². The lowest BCUT2D eigenvalue weighted by atomic mass is 9.56. The Morgan fingerprint density at radius 1 is 0.400 bits per heavy atom. The summed E-state index contributed by atoms with van der Waals surface area (Å²) in [6.07, 6.45) is 9.62. The lowest BCUT2D eigenvalue weighted by Gasteiger charge is -2.49. The van der Waals surface area contributed by atoms with E-state index in [0.717, 1.165) is 0 Å². The Morgan fingerprint density at radius 3 is 0.671 bits per heavy atom. The molecular weight excluding hydrogens is 989 g/mol. The number of rotatable bonds is 10. The van der Waals surface area contributed by atoms with Gasteiger partial charge < -0.3 is 18.6 Å². The van der Waals surface area contributed by atoms with Gasteiger partial charge in [0.1, 0.15) is 0 Å². The van der Waals surface area contributed by atoms with Crippen molar-refractivity contribution >= 4 is 54.0 Å². The molecule has 70 heavy (non-hydrogen) atoms. The maximum Gasteiger partial charge on any atom is 0.428 e. The summed E-state index contributed by atoms with van der Waals surface area (Å²) in [5.74, 6) is -0.0556. The number of hydrogen-bond donors (Lipinski definition) is 0. The van der Waals surface area contributed by atoms with Crippen LogP contribution in [0.25, 0.3) is 0 Å². The first-order valence-corrected chi connectivity index (χ1v) is 27.2. The Bertz CT molecular complexity index is 2340. The fourth-order valence-corrected chi connectivity index (χ4v) is 13.4. The number of carbonyl (C=O) groups is 2. The van der Waals surface area contributed by atoms with Crippen LogP contribution in [0.3, 0.4) is 0 Å². The first kappa shape index (κ1) is 55.4. The number of benzene rings is 6. The zero-order valence-electron chi connectivity index (χ0n) is 38.1. The van der Waals surface area contributed by atoms with Crippen LogP contribution in [0.4, 0.5) is 17.6 Å². The van der Waals surface area contributed by atoms with E-state index in [2.05, 4.69) is 191 Å². The average molecular weight is 1040 g/mol. The first-order valence-electron chi connectivity index (χ1n) is 21.9. The third-order valence-electron chi connectivity index (χ3n) is 11.3. The van der Waals surface area contributed by atoms with Crippen molar-refractivity contribution in [2.24, 2.45) is 23.7 Å². The van der Waals surface area contributed by atoms with Crippen LogP contribution in [0.15, 0.2) is 211 Å². The molecule has 0 aromatic heterocycles. The van der Waals surface area contributed by atoms with Crippen molar-refractivity contribution in [3.63, 3.8) is 0 Å². The predicted molar refractivity (Wildman–Crippen MR) is 258 cm³/mol. The van der Waals surface area contributed by atoms with Crippen molar-refractivity contribution < 1.29 is 62.6 Å². The molecule has 4 aliphatic carbocycles. The highest BCUT2D eigenvalue weighted by atomic mass is 32.2. The third-order valence-corrected chi connectivity index (χ3v) is 17.4. The standard InChI is InChI=1S/2C18H15S.C10H16.2C3H4F2O5S/c2*1-4-10-16(11-5-1)19(17-12-6-2-7-13-17)18-14-8-3-9-15-18;1-7-2-9-4-8(1)5-10(3-7)6-9;2*1-10-2(6)3(4,5)11(7,8)9/h2*1-15H;7-10H,1-6H2;2*1H3,(H,7,8,9)/q2*+1;;;/p-2. The molecule has 0 saturated heterocycles. The van der Waals surface area contributed by atoms with E-state index in [9.17, 15) is 53.1 Å². The minimum absolute atomic E-state index is 0.0146. The summed E-state index contributed by atoms with van der Waals surface area (Å²) in [6.45, 7) is 0. The van der Waals surface area contributed by atoms with Gasteiger partial charge in [-0.25, -0.2) is 26.4 Å². The number of alkyl halides is 4. The summed E-state index contributed by atoms with van der Waals surface area (Å²) < 4.78 is 112. The van der Waals surface area contributed by atoms with Crippen LogP contribution < -0.4 is 0 Å². The van der Waals surface area contributed by atoms with Crippen molar-refractivity contribution in [2.45, 2.75) is 78.4 Å². The molecule has 10 nitrogen and oxygen atoms in total. The van der Waals surface area contributed by atoms with E-state index in [1.54, 1.807) is 38.5 Å². The van der Waals surface area contributed by atoms with Gasteiger partial charge in [-0.3, -0.25) is 0 Å². The van der Waals surface area contributed by atoms with Gasteiger partial charge in [-0.15, -0.1) is 0 Å². The molecule has 0 aliphatic heterocycles. The van der Waals surface area contributed by atoms with Crippen molar-refractivity contribution in [1.82, 2.24) is 0 Å². The van der Waals surface area contributed by atoms with Gasteiger partial charge in [0.2, 0.25) is 0 Å². The molecule has 4 bridgehead atoms. The number of esters is 2. The Balaban J connectivity index is 0.000000168. The van der Waals surface area contributed by atoms with Gasteiger partial charge in [0.15, 0.2) is 49.6 Å². The fourth-order valence-electron chi connectivity index (χ4n) is 8.58. The molecule has 0 amide bonds. The second kappa shape index (κ2) is 25.6. The molecule has 0 radical (unpaired) electrons. The van der Waals surface area contributed by atoms with E-state index in [4.69, 9.17) is 0 Å². The largest absolute Gasteiger partial charge is 0.743 e. The summed E-state index contributed by atoms with van der Waals surface area (Å²) in [6, 6.07) is 64.3. The molecule has 6 aromatic carbocycles. The SMILES string of the molecule is C1C2CC3CC1CC(C2)C3.COC(=O)C(F)(F)S(=O)(=O)[O-].COC(=O)C(F)(F)S(=O)(=O)[O-].c1ccc([S+](c2ccccc2)c2ccccc2)cc1.c1ccc([S+](c2ccccc2)c2ccccc2)cc1. The zero-order valence-corrected chi connectivity index (χ0v) is 41.4. The smallest absolute Gasteiger partial charge is 0.428 e. The van der Waals surface area contributed by atoms with Gasteiger partial charge in [0, 0.05) is 0 Å². The third kappa shape index (κ3) is 15.3. The van der Waals surface area contributed by atoms with Gasteiger partial charge >= 0.3 is 22.4 Å². The van der Waals surface area contributed by atoms with Gasteiger partial charge in [-0.05, 0) is 135 Å². The topological polar surface area (TPSA) is 167 Å². The molecular formula is C52H52F4O10S4. The van der Waals surface area contributed by atoms with E-state index in [1.165, 1.54) is 53.0 Å². The molecule has 0 atom stereocenters. The van der Waals surface area contributed by atoms with Crippen molar-refractivity contribution in [1.29, 1.82) is 0 Å². The van der Waals surface area contributed by atoms with Crippen LogP contribution in [0.2, 0.25) is 0 Å². The molecule has 0 spiro atoms. The molecule has 6 aromatic rings. The van der Waals surface area contributed by atoms with Crippen molar-refractivity contribution in [3.05, 3.63) is 182 Å². The van der Waals surface area contributed by atoms with Crippen LogP contribution in [0.5, 0.6) is 0 Å². The summed E-state index contributed by atoms with van der Waals surface area (Å²) in [7, 11) is -10.9. The van der Waals surface area contributed by atoms with Crippen molar-refractivity contribution in [3.8, 4) is 0 Å². The van der Waals surface area contributed by atoms with E-state index in [0.29, 0.717) is 14.2 Å². The van der Waals surface area contributed by atoms with Gasteiger partial charge in [0.05, 0.1) is 36.0 Å². The van der Waals surface area contributed by atoms with Crippen LogP contribution >= 0.6 is 0 Å². The molecule has 4 saturated carbocycles. The van der Waals surface area contributed by atoms with Crippen LogP contribution in [-0.4, -0.2) is 62.6 Å². The van der Waals surface area contributed by atoms with Gasteiger partial charge in [-0.2, -0.15) is 17.6 Å². The number of methoxy groups -OCH3 is 2. The number of ether oxygens (including phenoxy) is 2. The molecule has 18 heteroatoms. The quantitative estimate of drug-likeness (QED) is 0.0557. The second-order valence-corrected chi connectivity index (χ2v) is 23.2. The Labute approximate surface area is 412 Å². The summed E-state index contributed by atoms with van der Waals surface area (Å²) in [5, 5.41) is -10.00. The maximum absolute atomic E-state index is 11.9. The predicted octanol–water partition coefficient (Wildman–Crippen LogP) is 11.0. The molecule has 4 fully saturated rings. The molecule has 0 unspecified atom stereocenters. The van der Waals surface area contributed by atoms with E-state index in [-0.39, 0.29) is 21.8 Å². The molecule has 4 aliphatic rings. The Kier molecular flexibility index (Phi) is 20.2. The summed E-state index contributed by atoms with van der Waals surface area (Å²) in [5.41, 5.74) is 0. The van der Waals surface area contributed by atoms with Gasteiger partial charge in [0.25, 0.3) is 0 Å². The van der Waals surface area contributed by atoms with Crippen LogP contribution in [-0.2, 0) is 61.1 Å². The van der Waals surface area contributed by atoms with E-state index >= 15 is 0 Å². The second-order valence-electron chi connectivity index (χ2n) is 16.3. The highest BCUT2D eigenvalue weighted by Gasteiger charge is 2.49. The normalized spacial score (nSPS) is 18.0. The Morgan fingerprint density at radius 2 is 0.557 bits per heavy atom. The minimum atomic E-state index is -5.97.